The average molecular weight is 801 g/mol. The van der Waals surface area contributed by atoms with Crippen molar-refractivity contribution in [2.75, 3.05) is 0 Å². The van der Waals surface area contributed by atoms with Crippen LogP contribution in [0.1, 0.15) is 61.4 Å². The fourth-order valence-corrected chi connectivity index (χ4v) is 14.6. The molecule has 284 valence electrons. The number of thiophene rings is 1. The Balaban J connectivity index is 0.935. The third kappa shape index (κ3) is 4.19. The molecular formula is C58H40S2. The molecule has 2 heterocycles. The lowest BCUT2D eigenvalue weighted by atomic mass is 9.76. The van der Waals surface area contributed by atoms with Gasteiger partial charge in [-0.2, -0.15) is 0 Å². The van der Waals surface area contributed by atoms with E-state index >= 15 is 0 Å². The molecule has 0 N–H and O–H groups in total. The van der Waals surface area contributed by atoms with Crippen LogP contribution < -0.4 is 0 Å². The molecule has 14 rings (SSSR count). The number of rotatable bonds is 2. The minimum atomic E-state index is -0.0220. The van der Waals surface area contributed by atoms with Gasteiger partial charge in [-0.15, -0.1) is 23.1 Å². The Bertz CT molecular complexity index is 3640. The van der Waals surface area contributed by atoms with Gasteiger partial charge >= 0.3 is 0 Å². The van der Waals surface area contributed by atoms with Gasteiger partial charge in [0.25, 0.3) is 0 Å². The van der Waals surface area contributed by atoms with Crippen molar-refractivity contribution in [1.29, 1.82) is 0 Å². The van der Waals surface area contributed by atoms with Gasteiger partial charge in [0.05, 0.1) is 0 Å². The van der Waals surface area contributed by atoms with Crippen LogP contribution in [0.2, 0.25) is 0 Å². The molecule has 4 aliphatic rings. The Morgan fingerprint density at radius 1 is 0.483 bits per heavy atom. The van der Waals surface area contributed by atoms with Crippen LogP contribution in [0.5, 0.6) is 0 Å². The van der Waals surface area contributed by atoms with Crippen LogP contribution in [0.3, 0.4) is 0 Å². The molecule has 2 heteroatoms. The summed E-state index contributed by atoms with van der Waals surface area (Å²) in [4.78, 5) is 1.42. The molecule has 0 radical (unpaired) electrons. The molecule has 2 atom stereocenters. The Morgan fingerprint density at radius 2 is 1.12 bits per heavy atom. The molecule has 0 bridgehead atoms. The molecular weight excluding hydrogens is 761 g/mol. The number of benzene rings is 9. The van der Waals surface area contributed by atoms with Gasteiger partial charge in [-0.3, -0.25) is 0 Å². The number of thioether (sulfide) groups is 1. The van der Waals surface area contributed by atoms with E-state index in [0.29, 0.717) is 11.2 Å². The molecule has 3 aliphatic carbocycles. The fraction of sp³-hybridized carbons (Fsp3) is 0.138. The van der Waals surface area contributed by atoms with Crippen molar-refractivity contribution in [1.82, 2.24) is 0 Å². The van der Waals surface area contributed by atoms with Gasteiger partial charge in [0.15, 0.2) is 0 Å². The Labute approximate surface area is 358 Å². The number of hydrogen-bond acceptors (Lipinski definition) is 2. The maximum atomic E-state index is 2.54. The number of allylic oxidation sites excluding steroid dienone is 3. The maximum absolute atomic E-state index is 2.54. The second-order valence-electron chi connectivity index (χ2n) is 18.7. The van der Waals surface area contributed by atoms with E-state index in [2.05, 4.69) is 185 Å². The SMILES string of the molecule is CC1(C)C2=C(c3ccccc31)C1c3cc(-c4ccc5ccc6c(-c7ccc8sc9ccc%10c(c9c8c7)-c7ccccc7C%10(C)C)ccc7ccc4c5c76)ccc3SC1C=C2. The molecule has 0 fully saturated rings. The Hall–Kier alpha value is -5.93. The van der Waals surface area contributed by atoms with Crippen molar-refractivity contribution in [2.45, 2.75) is 54.6 Å². The van der Waals surface area contributed by atoms with E-state index in [0.717, 1.165) is 0 Å². The van der Waals surface area contributed by atoms with Crippen molar-refractivity contribution in [2.24, 2.45) is 0 Å². The zero-order valence-corrected chi connectivity index (χ0v) is 35.6. The molecule has 9 aromatic carbocycles. The highest BCUT2D eigenvalue weighted by molar-refractivity contribution is 8.00. The minimum Gasteiger partial charge on any atom is -0.135 e. The topological polar surface area (TPSA) is 0 Å². The summed E-state index contributed by atoms with van der Waals surface area (Å²) >= 11 is 3.96. The van der Waals surface area contributed by atoms with Crippen molar-refractivity contribution < 1.29 is 0 Å². The lowest BCUT2D eigenvalue weighted by molar-refractivity contribution is 0.649. The van der Waals surface area contributed by atoms with E-state index in [1.807, 2.05) is 23.1 Å². The van der Waals surface area contributed by atoms with Gasteiger partial charge in [-0.25, -0.2) is 0 Å². The molecule has 2 unspecified atom stereocenters. The quantitative estimate of drug-likeness (QED) is 0.157. The second-order valence-corrected chi connectivity index (χ2v) is 21.0. The van der Waals surface area contributed by atoms with Gasteiger partial charge in [-0.05, 0) is 135 Å². The van der Waals surface area contributed by atoms with E-state index in [-0.39, 0.29) is 10.8 Å². The van der Waals surface area contributed by atoms with Crippen LogP contribution in [0.15, 0.2) is 168 Å². The molecule has 1 aliphatic heterocycles. The molecule has 10 aromatic rings. The normalized spacial score (nSPS) is 19.1. The summed E-state index contributed by atoms with van der Waals surface area (Å²) in [5, 5.41) is 11.2. The van der Waals surface area contributed by atoms with Crippen LogP contribution in [0.4, 0.5) is 0 Å². The van der Waals surface area contributed by atoms with Gasteiger partial charge < -0.3 is 0 Å². The van der Waals surface area contributed by atoms with E-state index < -0.39 is 0 Å². The number of fused-ring (bicyclic) bond motifs is 13. The lowest BCUT2D eigenvalue weighted by Gasteiger charge is -2.28. The fourth-order valence-electron chi connectivity index (χ4n) is 12.2. The van der Waals surface area contributed by atoms with Gasteiger partial charge in [0, 0.05) is 47.1 Å². The maximum Gasteiger partial charge on any atom is 0.0387 e. The average Bonchev–Trinajstić information content (AvgIpc) is 3.97. The highest BCUT2D eigenvalue weighted by Crippen LogP contribution is 2.61. The third-order valence-corrected chi connectivity index (χ3v) is 17.5. The van der Waals surface area contributed by atoms with Crippen LogP contribution in [0, 0.1) is 0 Å². The summed E-state index contributed by atoms with van der Waals surface area (Å²) in [6.45, 7) is 9.58. The van der Waals surface area contributed by atoms with Crippen LogP contribution in [0.25, 0.3) is 91.4 Å². The van der Waals surface area contributed by atoms with Crippen molar-refractivity contribution >= 4 is 81.2 Å². The predicted octanol–water partition coefficient (Wildman–Crippen LogP) is 16.5. The molecule has 0 saturated heterocycles. The smallest absolute Gasteiger partial charge is 0.0387 e. The first-order chi connectivity index (χ1) is 29.3. The standard InChI is InChI=1S/C58H40S2/c1-57(2)43-11-7-5-9-39(43)53-45(57)23-27-49-55(53)41-29-33(17-25-47(41)59-49)35-19-13-31-16-22-38-36(20-14-32-15-21-37(35)51(31)52(32)38)34-18-26-48-42(30-34)56-50(60-48)28-24-46-54(56)40-10-6-8-12-44(40)58(46,3)4/h5-30,49,55H,1-4H3. The molecule has 0 amide bonds. The van der Waals surface area contributed by atoms with Gasteiger partial charge in [0.1, 0.15) is 0 Å². The van der Waals surface area contributed by atoms with E-state index in [1.165, 1.54) is 124 Å². The first kappa shape index (κ1) is 33.9. The van der Waals surface area contributed by atoms with Crippen LogP contribution in [-0.4, -0.2) is 5.25 Å². The molecule has 0 saturated carbocycles. The van der Waals surface area contributed by atoms with Crippen molar-refractivity contribution in [3.8, 4) is 33.4 Å². The highest BCUT2D eigenvalue weighted by Gasteiger charge is 2.46. The summed E-state index contributed by atoms with van der Waals surface area (Å²) in [5.41, 5.74) is 18.3. The minimum absolute atomic E-state index is 0.00997. The molecule has 1 aromatic heterocycles. The first-order valence-corrected chi connectivity index (χ1v) is 23.1. The molecule has 0 nitrogen and oxygen atoms in total. The summed E-state index contributed by atoms with van der Waals surface area (Å²) < 4.78 is 2.72. The molecule has 0 spiro atoms. The second kappa shape index (κ2) is 11.5. The predicted molar refractivity (Wildman–Crippen MR) is 259 cm³/mol. The van der Waals surface area contributed by atoms with Crippen LogP contribution >= 0.6 is 23.1 Å². The Kier molecular flexibility index (Phi) is 6.46. The number of hydrogen-bond donors (Lipinski definition) is 0. The summed E-state index contributed by atoms with van der Waals surface area (Å²) in [5.74, 6) is 0.357. The summed E-state index contributed by atoms with van der Waals surface area (Å²) in [6, 6.07) is 56.4. The van der Waals surface area contributed by atoms with Crippen molar-refractivity contribution in [3.05, 3.63) is 191 Å². The van der Waals surface area contributed by atoms with Gasteiger partial charge in [0.2, 0.25) is 0 Å². The monoisotopic (exact) mass is 800 g/mol. The third-order valence-electron chi connectivity index (χ3n) is 15.0. The van der Waals surface area contributed by atoms with E-state index in [4.69, 9.17) is 0 Å². The van der Waals surface area contributed by atoms with Gasteiger partial charge in [-0.1, -0.05) is 155 Å². The summed E-state index contributed by atoms with van der Waals surface area (Å²) in [6.07, 6.45) is 4.93. The highest BCUT2D eigenvalue weighted by atomic mass is 32.2. The molecule has 60 heavy (non-hydrogen) atoms. The summed E-state index contributed by atoms with van der Waals surface area (Å²) in [7, 11) is 0. The largest absolute Gasteiger partial charge is 0.135 e. The lowest BCUT2D eigenvalue weighted by Crippen LogP contribution is -2.19. The zero-order chi connectivity index (χ0) is 39.8. The van der Waals surface area contributed by atoms with Crippen molar-refractivity contribution in [3.63, 3.8) is 0 Å². The van der Waals surface area contributed by atoms with E-state index in [9.17, 15) is 0 Å². The Morgan fingerprint density at radius 3 is 1.87 bits per heavy atom. The van der Waals surface area contributed by atoms with Crippen LogP contribution in [-0.2, 0) is 10.8 Å². The van der Waals surface area contributed by atoms with E-state index in [1.54, 1.807) is 5.57 Å². The first-order valence-electron chi connectivity index (χ1n) is 21.4. The zero-order valence-electron chi connectivity index (χ0n) is 34.0.